The summed E-state index contributed by atoms with van der Waals surface area (Å²) in [6, 6.07) is 5.40. The highest BCUT2D eigenvalue weighted by Gasteiger charge is 2.08. The molecule has 0 aromatic carbocycles. The maximum absolute atomic E-state index is 9.31. The number of hydrogen-bond acceptors (Lipinski definition) is 5. The molecule has 0 spiro atoms. The van der Waals surface area contributed by atoms with Gasteiger partial charge in [-0.2, -0.15) is 0 Å². The number of nitrogens with zero attached hydrogens (tertiary/aromatic N) is 3. The van der Waals surface area contributed by atoms with Gasteiger partial charge in [-0.05, 0) is 17.9 Å². The van der Waals surface area contributed by atoms with E-state index >= 15 is 0 Å². The van der Waals surface area contributed by atoms with E-state index in [9.17, 15) is 5.11 Å². The lowest BCUT2D eigenvalue weighted by atomic mass is 10.2. The van der Waals surface area contributed by atoms with Crippen molar-refractivity contribution in [2.24, 2.45) is 0 Å². The van der Waals surface area contributed by atoms with Gasteiger partial charge < -0.3 is 5.11 Å². The molecule has 0 bridgehead atoms. The Labute approximate surface area is 97.8 Å². The average molecular weight is 233 g/mol. The largest absolute Gasteiger partial charge is 0.493 e. The zero-order valence-corrected chi connectivity index (χ0v) is 9.61. The molecule has 2 rings (SSSR count). The maximum Gasteiger partial charge on any atom is 0.214 e. The second-order valence-corrected chi connectivity index (χ2v) is 4.35. The Kier molecular flexibility index (Phi) is 3.36. The molecule has 1 N–H and O–H groups in total. The van der Waals surface area contributed by atoms with Gasteiger partial charge >= 0.3 is 0 Å². The van der Waals surface area contributed by atoms with Crippen LogP contribution in [0.3, 0.4) is 0 Å². The van der Waals surface area contributed by atoms with Crippen molar-refractivity contribution in [3.8, 4) is 17.3 Å². The van der Waals surface area contributed by atoms with Gasteiger partial charge in [0.1, 0.15) is 12.0 Å². The molecule has 0 atom stereocenters. The van der Waals surface area contributed by atoms with Gasteiger partial charge in [0.25, 0.3) is 0 Å². The molecule has 0 fully saturated rings. The molecule has 4 nitrogen and oxygen atoms in total. The quantitative estimate of drug-likeness (QED) is 0.825. The molecule has 2 heterocycles. The zero-order valence-electron chi connectivity index (χ0n) is 8.79. The summed E-state index contributed by atoms with van der Waals surface area (Å²) in [4.78, 5) is 13.1. The molecule has 0 saturated carbocycles. The second kappa shape index (κ2) is 4.94. The van der Waals surface area contributed by atoms with Crippen LogP contribution in [0.25, 0.3) is 11.4 Å². The van der Waals surface area contributed by atoms with Crippen LogP contribution in [0, 0.1) is 0 Å². The second-order valence-electron chi connectivity index (χ2n) is 3.04. The predicted octanol–water partition coefficient (Wildman–Crippen LogP) is 2.36. The topological polar surface area (TPSA) is 58.9 Å². The molecule has 0 aliphatic heterocycles. The van der Waals surface area contributed by atoms with Crippen LogP contribution in [-0.4, -0.2) is 25.8 Å². The van der Waals surface area contributed by atoms with Gasteiger partial charge in [-0.15, -0.1) is 11.8 Å². The van der Waals surface area contributed by atoms with Crippen LogP contribution >= 0.6 is 11.8 Å². The zero-order chi connectivity index (χ0) is 11.4. The lowest BCUT2D eigenvalue weighted by Gasteiger charge is -2.05. The Morgan fingerprint density at radius 2 is 2.19 bits per heavy atom. The Morgan fingerprint density at radius 1 is 1.31 bits per heavy atom. The molecule has 0 radical (unpaired) electrons. The summed E-state index contributed by atoms with van der Waals surface area (Å²) < 4.78 is 0. The van der Waals surface area contributed by atoms with E-state index in [1.54, 1.807) is 18.0 Å². The summed E-state index contributed by atoms with van der Waals surface area (Å²) in [5.74, 6) is 0.929. The van der Waals surface area contributed by atoms with Crippen molar-refractivity contribution in [1.82, 2.24) is 15.0 Å². The van der Waals surface area contributed by atoms with E-state index in [-0.39, 0.29) is 5.88 Å². The van der Waals surface area contributed by atoms with E-state index in [1.807, 2.05) is 12.1 Å². The standard InChI is InChI=1S/C11H11N3OS/c1-2-16-9-4-3-5-12-11(9)8-6-10(15)14-7-13-8/h3-7H,2H2,1H3,(H,13,14,15). The lowest BCUT2D eigenvalue weighted by molar-refractivity contribution is 0.452. The minimum absolute atomic E-state index is 0.0388. The number of aromatic nitrogens is 3. The number of rotatable bonds is 3. The number of pyridine rings is 1. The number of thioether (sulfide) groups is 1. The summed E-state index contributed by atoms with van der Waals surface area (Å²) in [6.07, 6.45) is 3.05. The van der Waals surface area contributed by atoms with Crippen molar-refractivity contribution < 1.29 is 5.11 Å². The highest BCUT2D eigenvalue weighted by molar-refractivity contribution is 7.99. The lowest BCUT2D eigenvalue weighted by Crippen LogP contribution is -1.91. The van der Waals surface area contributed by atoms with E-state index in [4.69, 9.17) is 0 Å². The predicted molar refractivity (Wildman–Crippen MR) is 63.3 cm³/mol. The van der Waals surface area contributed by atoms with E-state index in [0.29, 0.717) is 5.69 Å². The maximum atomic E-state index is 9.31. The summed E-state index contributed by atoms with van der Waals surface area (Å²) in [5, 5.41) is 9.31. The molecule has 2 aromatic rings. The first kappa shape index (κ1) is 10.9. The minimum atomic E-state index is -0.0388. The van der Waals surface area contributed by atoms with Crippen molar-refractivity contribution >= 4 is 11.8 Å². The molecular formula is C11H11N3OS. The van der Waals surface area contributed by atoms with E-state index in [0.717, 1.165) is 16.3 Å². The Hall–Kier alpha value is -1.62. The highest BCUT2D eigenvalue weighted by Crippen LogP contribution is 2.28. The van der Waals surface area contributed by atoms with Gasteiger partial charge in [-0.3, -0.25) is 4.98 Å². The Balaban J connectivity index is 2.46. The van der Waals surface area contributed by atoms with Crippen LogP contribution < -0.4 is 0 Å². The monoisotopic (exact) mass is 233 g/mol. The van der Waals surface area contributed by atoms with Crippen LogP contribution in [0.4, 0.5) is 0 Å². The van der Waals surface area contributed by atoms with Crippen molar-refractivity contribution in [3.05, 3.63) is 30.7 Å². The molecule has 0 aliphatic rings. The van der Waals surface area contributed by atoms with Crippen LogP contribution in [-0.2, 0) is 0 Å². The van der Waals surface area contributed by atoms with Gasteiger partial charge in [-0.25, -0.2) is 9.97 Å². The number of aromatic hydroxyl groups is 1. The first-order chi connectivity index (χ1) is 7.81. The fourth-order valence-electron chi connectivity index (χ4n) is 1.33. The van der Waals surface area contributed by atoms with Crippen LogP contribution in [0.15, 0.2) is 35.6 Å². The normalized spacial score (nSPS) is 10.3. The number of hydrogen-bond donors (Lipinski definition) is 1. The molecule has 0 amide bonds. The summed E-state index contributed by atoms with van der Waals surface area (Å²) in [7, 11) is 0. The first-order valence-corrected chi connectivity index (χ1v) is 5.89. The van der Waals surface area contributed by atoms with Crippen molar-refractivity contribution in [1.29, 1.82) is 0 Å². The van der Waals surface area contributed by atoms with E-state index in [1.165, 1.54) is 12.4 Å². The summed E-state index contributed by atoms with van der Waals surface area (Å²) in [5.41, 5.74) is 1.43. The third-order valence-electron chi connectivity index (χ3n) is 1.97. The molecule has 2 aromatic heterocycles. The molecule has 0 aliphatic carbocycles. The van der Waals surface area contributed by atoms with Crippen LogP contribution in [0.1, 0.15) is 6.92 Å². The Bertz CT molecular complexity index is 490. The molecule has 0 saturated heterocycles. The average Bonchev–Trinajstić information content (AvgIpc) is 2.30. The molecule has 16 heavy (non-hydrogen) atoms. The smallest absolute Gasteiger partial charge is 0.214 e. The van der Waals surface area contributed by atoms with E-state index in [2.05, 4.69) is 21.9 Å². The minimum Gasteiger partial charge on any atom is -0.493 e. The SMILES string of the molecule is CCSc1cccnc1-c1cc(O)ncn1. The van der Waals surface area contributed by atoms with Gasteiger partial charge in [0, 0.05) is 17.2 Å². The van der Waals surface area contributed by atoms with Gasteiger partial charge in [0.05, 0.1) is 5.69 Å². The summed E-state index contributed by atoms with van der Waals surface area (Å²) >= 11 is 1.70. The summed E-state index contributed by atoms with van der Waals surface area (Å²) in [6.45, 7) is 2.08. The van der Waals surface area contributed by atoms with E-state index < -0.39 is 0 Å². The fraction of sp³-hybridized carbons (Fsp3) is 0.182. The van der Waals surface area contributed by atoms with Gasteiger partial charge in [-0.1, -0.05) is 6.92 Å². The van der Waals surface area contributed by atoms with Gasteiger partial charge in [0.2, 0.25) is 5.88 Å². The molecular weight excluding hydrogens is 222 g/mol. The van der Waals surface area contributed by atoms with Crippen molar-refractivity contribution in [2.75, 3.05) is 5.75 Å². The molecule has 82 valence electrons. The highest BCUT2D eigenvalue weighted by atomic mass is 32.2. The Morgan fingerprint density at radius 3 is 2.94 bits per heavy atom. The van der Waals surface area contributed by atoms with Crippen molar-refractivity contribution in [3.63, 3.8) is 0 Å². The molecule has 0 unspecified atom stereocenters. The van der Waals surface area contributed by atoms with Crippen molar-refractivity contribution in [2.45, 2.75) is 11.8 Å². The van der Waals surface area contributed by atoms with Crippen LogP contribution in [0.2, 0.25) is 0 Å². The third-order valence-corrected chi connectivity index (χ3v) is 2.89. The first-order valence-electron chi connectivity index (χ1n) is 4.90. The molecule has 5 heteroatoms. The van der Waals surface area contributed by atoms with Crippen LogP contribution in [0.5, 0.6) is 5.88 Å². The fourth-order valence-corrected chi connectivity index (χ4v) is 2.11. The third kappa shape index (κ3) is 2.30. The van der Waals surface area contributed by atoms with Gasteiger partial charge in [0.15, 0.2) is 0 Å².